The fraction of sp³-hybridized carbons (Fsp3) is 0.417. The standard InChI is InChI=1S/C12H15ClO4S/c1-12(2,8-7-11(14)15)9-3-5-10(6-4-9)18(13,16)17/h3-6H,7-8H2,1-2H3,(H,14,15). The molecule has 100 valence electrons. The van der Waals surface area contributed by atoms with Crippen molar-refractivity contribution in [3.05, 3.63) is 29.8 Å². The number of hydrogen-bond acceptors (Lipinski definition) is 3. The molecule has 0 aliphatic heterocycles. The molecule has 0 aliphatic carbocycles. The summed E-state index contributed by atoms with van der Waals surface area (Å²) < 4.78 is 22.2. The molecule has 1 rings (SSSR count). The Morgan fingerprint density at radius 3 is 2.17 bits per heavy atom. The molecule has 1 aromatic rings. The third kappa shape index (κ3) is 3.99. The molecule has 0 bridgehead atoms. The normalized spacial score (nSPS) is 12.4. The summed E-state index contributed by atoms with van der Waals surface area (Å²) in [7, 11) is 1.51. The molecule has 0 amide bonds. The van der Waals surface area contributed by atoms with E-state index in [1.165, 1.54) is 12.1 Å². The van der Waals surface area contributed by atoms with Crippen LogP contribution in [-0.4, -0.2) is 19.5 Å². The van der Waals surface area contributed by atoms with E-state index in [2.05, 4.69) is 0 Å². The quantitative estimate of drug-likeness (QED) is 0.847. The predicted molar refractivity (Wildman–Crippen MR) is 69.4 cm³/mol. The lowest BCUT2D eigenvalue weighted by molar-refractivity contribution is -0.137. The SMILES string of the molecule is CC(C)(CCC(=O)O)c1ccc(S(=O)(=O)Cl)cc1. The maximum absolute atomic E-state index is 11.1. The summed E-state index contributed by atoms with van der Waals surface area (Å²) in [6.45, 7) is 3.83. The molecule has 0 spiro atoms. The number of benzene rings is 1. The zero-order valence-corrected chi connectivity index (χ0v) is 11.8. The second-order valence-electron chi connectivity index (χ2n) is 4.74. The third-order valence-corrected chi connectivity index (χ3v) is 4.25. The summed E-state index contributed by atoms with van der Waals surface area (Å²) in [6, 6.07) is 6.19. The molecule has 1 N–H and O–H groups in total. The molecule has 0 unspecified atom stereocenters. The van der Waals surface area contributed by atoms with E-state index >= 15 is 0 Å². The highest BCUT2D eigenvalue weighted by molar-refractivity contribution is 8.13. The lowest BCUT2D eigenvalue weighted by atomic mass is 9.80. The molecular weight excluding hydrogens is 276 g/mol. The van der Waals surface area contributed by atoms with Crippen molar-refractivity contribution in [3.63, 3.8) is 0 Å². The first-order chi connectivity index (χ1) is 8.13. The van der Waals surface area contributed by atoms with Gasteiger partial charge in [0.05, 0.1) is 4.90 Å². The summed E-state index contributed by atoms with van der Waals surface area (Å²) in [5.41, 5.74) is 0.556. The van der Waals surface area contributed by atoms with Crippen LogP contribution in [0.4, 0.5) is 0 Å². The van der Waals surface area contributed by atoms with Gasteiger partial charge in [0.15, 0.2) is 0 Å². The van der Waals surface area contributed by atoms with Crippen LogP contribution in [0.5, 0.6) is 0 Å². The average Bonchev–Trinajstić information content (AvgIpc) is 2.26. The first kappa shape index (κ1) is 15.0. The van der Waals surface area contributed by atoms with Crippen LogP contribution in [0.3, 0.4) is 0 Å². The Balaban J connectivity index is 2.94. The summed E-state index contributed by atoms with van der Waals surface area (Å²) in [5, 5.41) is 8.68. The highest BCUT2D eigenvalue weighted by Gasteiger charge is 2.22. The van der Waals surface area contributed by atoms with Gasteiger partial charge in [0, 0.05) is 17.1 Å². The third-order valence-electron chi connectivity index (χ3n) is 2.88. The molecular formula is C12H15ClO4S. The molecule has 0 aliphatic rings. The fourth-order valence-electron chi connectivity index (χ4n) is 1.63. The first-order valence-electron chi connectivity index (χ1n) is 5.40. The van der Waals surface area contributed by atoms with Crippen LogP contribution in [0.15, 0.2) is 29.2 Å². The Kier molecular flexibility index (Phi) is 4.40. The lowest BCUT2D eigenvalue weighted by Gasteiger charge is -2.24. The molecule has 0 heterocycles. The molecule has 0 fully saturated rings. The van der Waals surface area contributed by atoms with Crippen LogP contribution in [0.1, 0.15) is 32.3 Å². The number of carboxylic acid groups (broad SMARTS) is 1. The molecule has 0 atom stereocenters. The van der Waals surface area contributed by atoms with Gasteiger partial charge in [0.2, 0.25) is 0 Å². The topological polar surface area (TPSA) is 71.4 Å². The summed E-state index contributed by atoms with van der Waals surface area (Å²) >= 11 is 0. The number of carboxylic acids is 1. The smallest absolute Gasteiger partial charge is 0.303 e. The molecule has 0 saturated carbocycles. The zero-order chi connectivity index (χ0) is 14.0. The van der Waals surface area contributed by atoms with Gasteiger partial charge in [-0.25, -0.2) is 8.42 Å². The van der Waals surface area contributed by atoms with Crippen LogP contribution in [-0.2, 0) is 19.3 Å². The highest BCUT2D eigenvalue weighted by Crippen LogP contribution is 2.29. The van der Waals surface area contributed by atoms with E-state index in [-0.39, 0.29) is 16.7 Å². The molecule has 6 heteroatoms. The minimum atomic E-state index is -3.71. The van der Waals surface area contributed by atoms with Gasteiger partial charge >= 0.3 is 5.97 Å². The Hall–Kier alpha value is -1.07. The van der Waals surface area contributed by atoms with Gasteiger partial charge in [-0.3, -0.25) is 4.79 Å². The number of halogens is 1. The van der Waals surface area contributed by atoms with E-state index in [9.17, 15) is 13.2 Å². The van der Waals surface area contributed by atoms with E-state index in [4.69, 9.17) is 15.8 Å². The maximum atomic E-state index is 11.1. The molecule has 0 saturated heterocycles. The van der Waals surface area contributed by atoms with Gasteiger partial charge in [-0.05, 0) is 29.5 Å². The van der Waals surface area contributed by atoms with Gasteiger partial charge in [-0.1, -0.05) is 26.0 Å². The molecule has 0 radical (unpaired) electrons. The van der Waals surface area contributed by atoms with Crippen molar-refractivity contribution in [3.8, 4) is 0 Å². The minimum Gasteiger partial charge on any atom is -0.481 e. The van der Waals surface area contributed by atoms with E-state index in [0.29, 0.717) is 6.42 Å². The lowest BCUT2D eigenvalue weighted by Crippen LogP contribution is -2.18. The van der Waals surface area contributed by atoms with E-state index in [1.807, 2.05) is 13.8 Å². The van der Waals surface area contributed by atoms with Crippen LogP contribution in [0, 0.1) is 0 Å². The average molecular weight is 291 g/mol. The molecule has 1 aromatic carbocycles. The van der Waals surface area contributed by atoms with Crippen LogP contribution in [0.25, 0.3) is 0 Å². The fourth-order valence-corrected chi connectivity index (χ4v) is 2.40. The van der Waals surface area contributed by atoms with Crippen molar-refractivity contribution in [1.82, 2.24) is 0 Å². The van der Waals surface area contributed by atoms with Crippen molar-refractivity contribution in [1.29, 1.82) is 0 Å². The largest absolute Gasteiger partial charge is 0.481 e. The van der Waals surface area contributed by atoms with Crippen LogP contribution < -0.4 is 0 Å². The van der Waals surface area contributed by atoms with Crippen molar-refractivity contribution >= 4 is 25.7 Å². The maximum Gasteiger partial charge on any atom is 0.303 e. The summed E-state index contributed by atoms with van der Waals surface area (Å²) in [5.74, 6) is -0.844. The number of rotatable bonds is 5. The Morgan fingerprint density at radius 2 is 1.78 bits per heavy atom. The number of aliphatic carboxylic acids is 1. The zero-order valence-electron chi connectivity index (χ0n) is 10.2. The van der Waals surface area contributed by atoms with Gasteiger partial charge in [0.1, 0.15) is 0 Å². The molecule has 0 aromatic heterocycles. The Bertz CT molecular complexity index is 532. The van der Waals surface area contributed by atoms with E-state index in [1.54, 1.807) is 12.1 Å². The molecule has 4 nitrogen and oxygen atoms in total. The first-order valence-corrected chi connectivity index (χ1v) is 7.71. The Morgan fingerprint density at radius 1 is 1.28 bits per heavy atom. The van der Waals surface area contributed by atoms with Gasteiger partial charge in [-0.2, -0.15) is 0 Å². The summed E-state index contributed by atoms with van der Waals surface area (Å²) in [4.78, 5) is 10.6. The van der Waals surface area contributed by atoms with Crippen molar-refractivity contribution < 1.29 is 18.3 Å². The minimum absolute atomic E-state index is 0.0435. The predicted octanol–water partition coefficient (Wildman–Crippen LogP) is 2.76. The second kappa shape index (κ2) is 5.28. The highest BCUT2D eigenvalue weighted by atomic mass is 35.7. The number of hydrogen-bond donors (Lipinski definition) is 1. The second-order valence-corrected chi connectivity index (χ2v) is 7.31. The van der Waals surface area contributed by atoms with Crippen molar-refractivity contribution in [2.24, 2.45) is 0 Å². The number of carbonyl (C=O) groups is 1. The van der Waals surface area contributed by atoms with Crippen molar-refractivity contribution in [2.45, 2.75) is 37.0 Å². The Labute approximate surface area is 111 Å². The molecule has 18 heavy (non-hydrogen) atoms. The summed E-state index contributed by atoms with van der Waals surface area (Å²) in [6.07, 6.45) is 0.553. The van der Waals surface area contributed by atoms with Gasteiger partial charge in [-0.15, -0.1) is 0 Å². The van der Waals surface area contributed by atoms with Crippen LogP contribution in [0.2, 0.25) is 0 Å². The van der Waals surface area contributed by atoms with E-state index < -0.39 is 15.0 Å². The van der Waals surface area contributed by atoms with Gasteiger partial charge in [0.25, 0.3) is 9.05 Å². The van der Waals surface area contributed by atoms with E-state index in [0.717, 1.165) is 5.56 Å². The van der Waals surface area contributed by atoms with Crippen LogP contribution >= 0.6 is 10.7 Å². The van der Waals surface area contributed by atoms with Gasteiger partial charge < -0.3 is 5.11 Å². The monoisotopic (exact) mass is 290 g/mol. The van der Waals surface area contributed by atoms with Crippen molar-refractivity contribution in [2.75, 3.05) is 0 Å².